The lowest BCUT2D eigenvalue weighted by Gasteiger charge is -2.11. The number of amides is 1. The smallest absolute Gasteiger partial charge is 0.359 e. The number of fused-ring (bicyclic) bond motifs is 1. The topological polar surface area (TPSA) is 90.3 Å². The summed E-state index contributed by atoms with van der Waals surface area (Å²) in [5, 5.41) is 9.96. The van der Waals surface area contributed by atoms with Crippen molar-refractivity contribution in [1.29, 1.82) is 0 Å². The minimum absolute atomic E-state index is 0.00387. The number of anilines is 1. The zero-order valence-electron chi connectivity index (χ0n) is 18.1. The van der Waals surface area contributed by atoms with E-state index in [1.54, 1.807) is 36.6 Å². The molecule has 0 atom stereocenters. The highest BCUT2D eigenvalue weighted by Crippen LogP contribution is 2.31. The molecule has 7 nitrogen and oxygen atoms in total. The number of hydrogen-bond donors (Lipinski definition) is 1. The molecular weight excluding hydrogens is 462 g/mol. The molecule has 9 heteroatoms. The van der Waals surface area contributed by atoms with E-state index in [1.165, 1.54) is 10.7 Å². The van der Waals surface area contributed by atoms with Crippen LogP contribution in [0.2, 0.25) is 5.02 Å². The van der Waals surface area contributed by atoms with Crippen molar-refractivity contribution in [1.82, 2.24) is 9.78 Å². The van der Waals surface area contributed by atoms with E-state index in [2.05, 4.69) is 10.4 Å². The molecule has 4 aromatic rings. The maximum atomic E-state index is 13.5. The van der Waals surface area contributed by atoms with Gasteiger partial charge >= 0.3 is 5.97 Å². The van der Waals surface area contributed by atoms with E-state index in [1.807, 2.05) is 26.0 Å². The molecule has 2 aromatic carbocycles. The molecule has 0 aliphatic heterocycles. The average molecular weight is 482 g/mol. The van der Waals surface area contributed by atoms with Crippen LogP contribution in [0.4, 0.5) is 5.00 Å². The molecule has 1 N–H and O–H groups in total. The zero-order valence-corrected chi connectivity index (χ0v) is 19.7. The summed E-state index contributed by atoms with van der Waals surface area (Å²) in [6, 6.07) is 11.9. The van der Waals surface area contributed by atoms with Gasteiger partial charge in [-0.3, -0.25) is 9.59 Å². The maximum Gasteiger partial charge on any atom is 0.359 e. The van der Waals surface area contributed by atoms with Gasteiger partial charge in [-0.15, -0.1) is 11.3 Å². The summed E-state index contributed by atoms with van der Waals surface area (Å²) in [5.74, 6) is -1.07. The van der Waals surface area contributed by atoms with Crippen LogP contribution in [-0.4, -0.2) is 28.3 Å². The van der Waals surface area contributed by atoms with Gasteiger partial charge in [-0.05, 0) is 62.2 Å². The normalized spacial score (nSPS) is 10.9. The molecule has 1 amide bonds. The summed E-state index contributed by atoms with van der Waals surface area (Å²) in [6.07, 6.45) is 0. The van der Waals surface area contributed by atoms with Crippen molar-refractivity contribution in [3.63, 3.8) is 0 Å². The van der Waals surface area contributed by atoms with Gasteiger partial charge in [-0.25, -0.2) is 4.79 Å². The quantitative estimate of drug-likeness (QED) is 0.398. The van der Waals surface area contributed by atoms with Gasteiger partial charge in [0.15, 0.2) is 5.69 Å². The highest BCUT2D eigenvalue weighted by molar-refractivity contribution is 7.16. The van der Waals surface area contributed by atoms with Crippen LogP contribution < -0.4 is 10.9 Å². The lowest BCUT2D eigenvalue weighted by Crippen LogP contribution is -2.25. The first-order valence-electron chi connectivity index (χ1n) is 10.2. The summed E-state index contributed by atoms with van der Waals surface area (Å²) in [6.45, 7) is 5.74. The molecule has 0 saturated heterocycles. The Morgan fingerprint density at radius 2 is 1.94 bits per heavy atom. The van der Waals surface area contributed by atoms with Gasteiger partial charge in [0, 0.05) is 21.4 Å². The van der Waals surface area contributed by atoms with Gasteiger partial charge in [0.2, 0.25) is 0 Å². The second kappa shape index (κ2) is 9.17. The van der Waals surface area contributed by atoms with Crippen LogP contribution >= 0.6 is 22.9 Å². The van der Waals surface area contributed by atoms with Crippen LogP contribution in [0.3, 0.4) is 0 Å². The highest BCUT2D eigenvalue weighted by atomic mass is 35.5. The molecule has 2 aromatic heterocycles. The summed E-state index contributed by atoms with van der Waals surface area (Å²) >= 11 is 7.14. The molecule has 0 unspecified atom stereocenters. The van der Waals surface area contributed by atoms with Crippen LogP contribution in [0.15, 0.2) is 52.6 Å². The first-order chi connectivity index (χ1) is 15.8. The van der Waals surface area contributed by atoms with Crippen molar-refractivity contribution < 1.29 is 14.3 Å². The Morgan fingerprint density at radius 3 is 2.64 bits per heavy atom. The Labute approximate surface area is 198 Å². The number of aromatic nitrogens is 2. The van der Waals surface area contributed by atoms with Gasteiger partial charge in [-0.2, -0.15) is 9.78 Å². The Morgan fingerprint density at radius 1 is 1.15 bits per heavy atom. The summed E-state index contributed by atoms with van der Waals surface area (Å²) < 4.78 is 6.34. The third-order valence-electron chi connectivity index (χ3n) is 5.17. The number of halogens is 1. The van der Waals surface area contributed by atoms with Gasteiger partial charge in [0.25, 0.3) is 11.5 Å². The molecule has 0 aliphatic rings. The van der Waals surface area contributed by atoms with Gasteiger partial charge in [0.1, 0.15) is 5.00 Å². The number of carbonyl (C=O) groups is 2. The highest BCUT2D eigenvalue weighted by Gasteiger charge is 2.23. The van der Waals surface area contributed by atoms with Gasteiger partial charge in [-0.1, -0.05) is 23.7 Å². The van der Waals surface area contributed by atoms with Gasteiger partial charge < -0.3 is 10.1 Å². The Balaban J connectivity index is 1.90. The van der Waals surface area contributed by atoms with Crippen LogP contribution in [0.25, 0.3) is 16.5 Å². The van der Waals surface area contributed by atoms with E-state index in [0.29, 0.717) is 26.7 Å². The van der Waals surface area contributed by atoms with Crippen molar-refractivity contribution >= 4 is 50.6 Å². The molecule has 0 saturated carbocycles. The van der Waals surface area contributed by atoms with Crippen molar-refractivity contribution in [2.24, 2.45) is 0 Å². The first kappa shape index (κ1) is 22.7. The number of rotatable bonds is 5. The molecule has 168 valence electrons. The molecule has 2 heterocycles. The molecule has 33 heavy (non-hydrogen) atoms. The van der Waals surface area contributed by atoms with Crippen molar-refractivity contribution in [3.05, 3.63) is 85.6 Å². The fourth-order valence-electron chi connectivity index (χ4n) is 3.33. The number of aryl methyl sites for hydroxylation is 2. The van der Waals surface area contributed by atoms with E-state index >= 15 is 0 Å². The molecule has 0 aliphatic carbocycles. The van der Waals surface area contributed by atoms with E-state index in [0.717, 1.165) is 22.5 Å². The fraction of sp³-hybridized carbons (Fsp3) is 0.167. The molecule has 4 rings (SSSR count). The predicted octanol–water partition coefficient (Wildman–Crippen LogP) is 5.15. The SMILES string of the molecule is CCOC(=O)c1nn(-c2ccc(C)c(C)c2)c(=O)c2c(NC(=O)c3cccc(Cl)c3)scc12. The van der Waals surface area contributed by atoms with Crippen LogP contribution in [0.1, 0.15) is 38.9 Å². The van der Waals surface area contributed by atoms with E-state index in [-0.39, 0.29) is 17.7 Å². The average Bonchev–Trinajstić information content (AvgIpc) is 3.20. The Kier molecular flexibility index (Phi) is 6.31. The molecular formula is C24H20ClN3O4S. The number of nitrogens with zero attached hydrogens (tertiary/aromatic N) is 2. The maximum absolute atomic E-state index is 13.5. The fourth-order valence-corrected chi connectivity index (χ4v) is 4.45. The molecule has 0 fully saturated rings. The Hall–Kier alpha value is -3.49. The lowest BCUT2D eigenvalue weighted by atomic mass is 10.1. The minimum atomic E-state index is -0.648. The molecule has 0 bridgehead atoms. The number of benzene rings is 2. The predicted molar refractivity (Wildman–Crippen MR) is 130 cm³/mol. The standard InChI is InChI=1S/C24H20ClN3O4S/c1-4-32-24(31)20-18-12-33-22(26-21(29)15-6-5-7-16(25)11-15)19(18)23(30)28(27-20)17-9-8-13(2)14(3)10-17/h5-12H,4H2,1-3H3,(H,26,29). The monoisotopic (exact) mass is 481 g/mol. The second-order valence-corrected chi connectivity index (χ2v) is 8.69. The number of esters is 1. The number of thiophene rings is 1. The number of nitrogens with one attached hydrogen (secondary N) is 1. The van der Waals surface area contributed by atoms with Crippen molar-refractivity contribution in [2.45, 2.75) is 20.8 Å². The van der Waals surface area contributed by atoms with Crippen LogP contribution in [-0.2, 0) is 4.74 Å². The summed E-state index contributed by atoms with van der Waals surface area (Å²) in [4.78, 5) is 39.0. The number of carbonyl (C=O) groups excluding carboxylic acids is 2. The second-order valence-electron chi connectivity index (χ2n) is 7.37. The molecule has 0 spiro atoms. The third-order valence-corrected chi connectivity index (χ3v) is 6.30. The zero-order chi connectivity index (χ0) is 23.7. The number of hydrogen-bond acceptors (Lipinski definition) is 6. The van der Waals surface area contributed by atoms with Crippen LogP contribution in [0, 0.1) is 13.8 Å². The summed E-state index contributed by atoms with van der Waals surface area (Å²) in [5.41, 5.74) is 2.43. The molecule has 0 radical (unpaired) electrons. The lowest BCUT2D eigenvalue weighted by molar-refractivity contribution is 0.0520. The first-order valence-corrected chi connectivity index (χ1v) is 11.4. The van der Waals surface area contributed by atoms with Crippen molar-refractivity contribution in [2.75, 3.05) is 11.9 Å². The largest absolute Gasteiger partial charge is 0.461 e. The minimum Gasteiger partial charge on any atom is -0.461 e. The Bertz CT molecular complexity index is 1460. The van der Waals surface area contributed by atoms with E-state index in [9.17, 15) is 14.4 Å². The summed E-state index contributed by atoms with van der Waals surface area (Å²) in [7, 11) is 0. The van der Waals surface area contributed by atoms with Crippen molar-refractivity contribution in [3.8, 4) is 5.69 Å². The van der Waals surface area contributed by atoms with Crippen LogP contribution in [0.5, 0.6) is 0 Å². The van der Waals surface area contributed by atoms with Gasteiger partial charge in [0.05, 0.1) is 17.7 Å². The number of ether oxygens (including phenoxy) is 1. The van der Waals surface area contributed by atoms with E-state index < -0.39 is 17.4 Å². The third kappa shape index (κ3) is 4.40. The van der Waals surface area contributed by atoms with E-state index in [4.69, 9.17) is 16.3 Å².